The standard InChI is InChI=1S/C10H19F3N2O2/c1-3-4-7(2)15-9(17)6-14-5-8(16)10(11,12)13/h7-8,14,16H,3-6H2,1-2H3,(H,15,17). The first-order valence-electron chi connectivity index (χ1n) is 5.52. The van der Waals surface area contributed by atoms with Gasteiger partial charge in [0.15, 0.2) is 6.10 Å². The Morgan fingerprint density at radius 1 is 1.41 bits per heavy atom. The van der Waals surface area contributed by atoms with Gasteiger partial charge in [-0.3, -0.25) is 4.79 Å². The van der Waals surface area contributed by atoms with Crippen LogP contribution in [0.4, 0.5) is 13.2 Å². The van der Waals surface area contributed by atoms with Gasteiger partial charge in [0.2, 0.25) is 5.91 Å². The van der Waals surface area contributed by atoms with Crippen LogP contribution in [-0.4, -0.2) is 42.4 Å². The first-order chi connectivity index (χ1) is 7.77. The largest absolute Gasteiger partial charge is 0.415 e. The lowest BCUT2D eigenvalue weighted by atomic mass is 10.2. The zero-order valence-corrected chi connectivity index (χ0v) is 9.97. The lowest BCUT2D eigenvalue weighted by molar-refractivity contribution is -0.201. The molecule has 0 saturated heterocycles. The SMILES string of the molecule is CCCC(C)NC(=O)CNCC(O)C(F)(F)F. The molecule has 0 aliphatic heterocycles. The van der Waals surface area contributed by atoms with E-state index in [9.17, 15) is 18.0 Å². The molecule has 0 saturated carbocycles. The van der Waals surface area contributed by atoms with Gasteiger partial charge in [-0.25, -0.2) is 0 Å². The zero-order valence-electron chi connectivity index (χ0n) is 9.97. The number of nitrogens with one attached hydrogen (secondary N) is 2. The first-order valence-corrected chi connectivity index (χ1v) is 5.52. The minimum atomic E-state index is -4.65. The molecule has 2 atom stereocenters. The second kappa shape index (κ2) is 7.50. The Hall–Kier alpha value is -0.820. The molecule has 7 heteroatoms. The summed E-state index contributed by atoms with van der Waals surface area (Å²) in [5.74, 6) is -0.375. The molecule has 3 N–H and O–H groups in total. The minimum Gasteiger partial charge on any atom is -0.382 e. The third kappa shape index (κ3) is 7.98. The Bertz CT molecular complexity index is 234. The quantitative estimate of drug-likeness (QED) is 0.631. The van der Waals surface area contributed by atoms with Gasteiger partial charge in [0.1, 0.15) is 0 Å². The van der Waals surface area contributed by atoms with Crippen molar-refractivity contribution in [3.63, 3.8) is 0 Å². The average molecular weight is 256 g/mol. The van der Waals surface area contributed by atoms with Crippen LogP contribution in [0.1, 0.15) is 26.7 Å². The summed E-state index contributed by atoms with van der Waals surface area (Å²) in [6.45, 7) is 2.88. The van der Waals surface area contributed by atoms with Crippen LogP contribution < -0.4 is 10.6 Å². The van der Waals surface area contributed by atoms with Crippen LogP contribution in [0.25, 0.3) is 0 Å². The molecule has 0 bridgehead atoms. The Balaban J connectivity index is 3.72. The number of hydrogen-bond acceptors (Lipinski definition) is 3. The fourth-order valence-electron chi connectivity index (χ4n) is 1.27. The summed E-state index contributed by atoms with van der Waals surface area (Å²) < 4.78 is 35.7. The van der Waals surface area contributed by atoms with Gasteiger partial charge in [0.05, 0.1) is 6.54 Å². The van der Waals surface area contributed by atoms with Gasteiger partial charge < -0.3 is 15.7 Å². The van der Waals surface area contributed by atoms with Crippen molar-refractivity contribution in [3.05, 3.63) is 0 Å². The van der Waals surface area contributed by atoms with E-state index in [4.69, 9.17) is 5.11 Å². The molecule has 0 aromatic carbocycles. The maximum Gasteiger partial charge on any atom is 0.415 e. The molecular formula is C10H19F3N2O2. The number of aliphatic hydroxyl groups excluding tert-OH is 1. The number of aliphatic hydroxyl groups is 1. The number of halogens is 3. The summed E-state index contributed by atoms with van der Waals surface area (Å²) in [4.78, 5) is 11.2. The van der Waals surface area contributed by atoms with E-state index in [-0.39, 0.29) is 18.5 Å². The van der Waals surface area contributed by atoms with Crippen molar-refractivity contribution in [2.45, 2.75) is 45.0 Å². The van der Waals surface area contributed by atoms with Crippen molar-refractivity contribution < 1.29 is 23.1 Å². The average Bonchev–Trinajstić information content (AvgIpc) is 2.16. The number of amides is 1. The van der Waals surface area contributed by atoms with E-state index in [1.54, 1.807) is 0 Å². The van der Waals surface area contributed by atoms with Gasteiger partial charge in [-0.15, -0.1) is 0 Å². The third-order valence-corrected chi connectivity index (χ3v) is 2.13. The number of hydrogen-bond donors (Lipinski definition) is 3. The van der Waals surface area contributed by atoms with Crippen molar-refractivity contribution in [2.24, 2.45) is 0 Å². The van der Waals surface area contributed by atoms with Crippen LogP contribution in [0, 0.1) is 0 Å². The molecule has 0 aliphatic carbocycles. The highest BCUT2D eigenvalue weighted by atomic mass is 19.4. The number of rotatable bonds is 7. The van der Waals surface area contributed by atoms with E-state index in [1.807, 2.05) is 13.8 Å². The van der Waals surface area contributed by atoms with Crippen LogP contribution in [-0.2, 0) is 4.79 Å². The second-order valence-electron chi connectivity index (χ2n) is 3.95. The Morgan fingerprint density at radius 2 is 2.00 bits per heavy atom. The van der Waals surface area contributed by atoms with Crippen molar-refractivity contribution in [2.75, 3.05) is 13.1 Å². The van der Waals surface area contributed by atoms with E-state index >= 15 is 0 Å². The fraction of sp³-hybridized carbons (Fsp3) is 0.900. The first kappa shape index (κ1) is 16.2. The van der Waals surface area contributed by atoms with E-state index < -0.39 is 18.8 Å². The number of carbonyl (C=O) groups is 1. The maximum absolute atomic E-state index is 11.9. The van der Waals surface area contributed by atoms with Crippen molar-refractivity contribution in [1.82, 2.24) is 10.6 Å². The molecule has 1 amide bonds. The van der Waals surface area contributed by atoms with Crippen molar-refractivity contribution in [1.29, 1.82) is 0 Å². The molecule has 0 spiro atoms. The molecule has 0 rings (SSSR count). The number of alkyl halides is 3. The molecule has 17 heavy (non-hydrogen) atoms. The van der Waals surface area contributed by atoms with Crippen molar-refractivity contribution >= 4 is 5.91 Å². The molecule has 102 valence electrons. The fourth-order valence-corrected chi connectivity index (χ4v) is 1.27. The van der Waals surface area contributed by atoms with Crippen LogP contribution in [0.5, 0.6) is 0 Å². The predicted molar refractivity (Wildman–Crippen MR) is 57.4 cm³/mol. The molecule has 0 aromatic heterocycles. The lowest BCUT2D eigenvalue weighted by Crippen LogP contribution is -2.44. The zero-order chi connectivity index (χ0) is 13.5. The maximum atomic E-state index is 11.9. The topological polar surface area (TPSA) is 61.4 Å². The van der Waals surface area contributed by atoms with Crippen molar-refractivity contribution in [3.8, 4) is 0 Å². The van der Waals surface area contributed by atoms with Gasteiger partial charge >= 0.3 is 6.18 Å². The molecule has 0 aromatic rings. The van der Waals surface area contributed by atoms with Gasteiger partial charge in [0.25, 0.3) is 0 Å². The summed E-state index contributed by atoms with van der Waals surface area (Å²) in [5, 5.41) is 13.5. The lowest BCUT2D eigenvalue weighted by Gasteiger charge is -2.16. The highest BCUT2D eigenvalue weighted by Gasteiger charge is 2.37. The summed E-state index contributed by atoms with van der Waals surface area (Å²) in [6, 6.07) is 0.00170. The van der Waals surface area contributed by atoms with Gasteiger partial charge in [-0.05, 0) is 13.3 Å². The van der Waals surface area contributed by atoms with E-state index in [0.29, 0.717) is 0 Å². The molecule has 2 unspecified atom stereocenters. The Morgan fingerprint density at radius 3 is 2.47 bits per heavy atom. The predicted octanol–water partition coefficient (Wildman–Crippen LogP) is 0.804. The van der Waals surface area contributed by atoms with E-state index in [1.165, 1.54) is 0 Å². The number of carbonyl (C=O) groups excluding carboxylic acids is 1. The molecule has 0 heterocycles. The van der Waals surface area contributed by atoms with Gasteiger partial charge in [-0.2, -0.15) is 13.2 Å². The summed E-state index contributed by atoms with van der Waals surface area (Å²) >= 11 is 0. The van der Waals surface area contributed by atoms with Gasteiger partial charge in [0, 0.05) is 12.6 Å². The Labute approximate surface area is 98.6 Å². The van der Waals surface area contributed by atoms with Crippen LogP contribution in [0.15, 0.2) is 0 Å². The van der Waals surface area contributed by atoms with Gasteiger partial charge in [-0.1, -0.05) is 13.3 Å². The Kier molecular flexibility index (Phi) is 7.13. The highest BCUT2D eigenvalue weighted by molar-refractivity contribution is 5.78. The normalized spacial score (nSPS) is 15.4. The van der Waals surface area contributed by atoms with Crippen LogP contribution in [0.2, 0.25) is 0 Å². The molecule has 4 nitrogen and oxygen atoms in total. The summed E-state index contributed by atoms with van der Waals surface area (Å²) in [6.07, 6.45) is -5.36. The molecule has 0 aliphatic rings. The van der Waals surface area contributed by atoms with Crippen LogP contribution in [0.3, 0.4) is 0 Å². The monoisotopic (exact) mass is 256 g/mol. The smallest absolute Gasteiger partial charge is 0.382 e. The second-order valence-corrected chi connectivity index (χ2v) is 3.95. The third-order valence-electron chi connectivity index (χ3n) is 2.13. The van der Waals surface area contributed by atoms with E-state index in [0.717, 1.165) is 12.8 Å². The molecular weight excluding hydrogens is 237 g/mol. The van der Waals surface area contributed by atoms with E-state index in [2.05, 4.69) is 10.6 Å². The molecule has 0 radical (unpaired) electrons. The summed E-state index contributed by atoms with van der Waals surface area (Å²) in [5.41, 5.74) is 0. The summed E-state index contributed by atoms with van der Waals surface area (Å²) in [7, 11) is 0. The van der Waals surface area contributed by atoms with Crippen LogP contribution >= 0.6 is 0 Å². The molecule has 0 fully saturated rings. The highest BCUT2D eigenvalue weighted by Crippen LogP contribution is 2.18. The minimum absolute atomic E-state index is 0.00170.